The molecule has 0 spiro atoms. The molecule has 1 amide bonds. The van der Waals surface area contributed by atoms with E-state index in [-0.39, 0.29) is 22.9 Å². The normalized spacial score (nSPS) is 18.5. The minimum Gasteiger partial charge on any atom is -0.381 e. The molecule has 6 nitrogen and oxygen atoms in total. The molecule has 1 aromatic carbocycles. The lowest BCUT2D eigenvalue weighted by atomic mass is 10.1. The zero-order valence-electron chi connectivity index (χ0n) is 12.6. The summed E-state index contributed by atoms with van der Waals surface area (Å²) in [5, 5.41) is 1.70. The van der Waals surface area contributed by atoms with Crippen LogP contribution in [0.15, 0.2) is 29.2 Å². The van der Waals surface area contributed by atoms with Crippen molar-refractivity contribution in [2.75, 3.05) is 26.3 Å². The van der Waals surface area contributed by atoms with Gasteiger partial charge in [0.15, 0.2) is 0 Å². The van der Waals surface area contributed by atoms with E-state index in [1.54, 1.807) is 5.32 Å². The SMILES string of the molecule is O=C(NCC(F)(F)F)c1cccc(S(=O)(=O)NC[C@H]2CCOC2)c1. The van der Waals surface area contributed by atoms with Gasteiger partial charge in [0.1, 0.15) is 6.54 Å². The Kier molecular flexibility index (Phi) is 5.83. The molecule has 0 radical (unpaired) electrons. The van der Waals surface area contributed by atoms with Crippen molar-refractivity contribution < 1.29 is 31.1 Å². The lowest BCUT2D eigenvalue weighted by Gasteiger charge is -2.12. The quantitative estimate of drug-likeness (QED) is 0.795. The molecule has 24 heavy (non-hydrogen) atoms. The maximum atomic E-state index is 12.2. The van der Waals surface area contributed by atoms with Crippen LogP contribution in [0.1, 0.15) is 16.8 Å². The third-order valence-electron chi connectivity index (χ3n) is 3.44. The largest absolute Gasteiger partial charge is 0.405 e. The molecule has 0 saturated carbocycles. The highest BCUT2D eigenvalue weighted by atomic mass is 32.2. The maximum Gasteiger partial charge on any atom is 0.405 e. The van der Waals surface area contributed by atoms with E-state index in [0.717, 1.165) is 12.5 Å². The van der Waals surface area contributed by atoms with Crippen LogP contribution in [0, 0.1) is 5.92 Å². The Hall–Kier alpha value is -1.65. The van der Waals surface area contributed by atoms with Crippen LogP contribution in [0.25, 0.3) is 0 Å². The molecule has 1 heterocycles. The molecule has 134 valence electrons. The lowest BCUT2D eigenvalue weighted by Crippen LogP contribution is -2.34. The standard InChI is InChI=1S/C14H17F3N2O4S/c15-14(16,17)9-18-13(20)11-2-1-3-12(6-11)24(21,22)19-7-10-4-5-23-8-10/h1-3,6,10,19H,4-5,7-9H2,(H,18,20)/t10-/m1/s1. The van der Waals surface area contributed by atoms with Gasteiger partial charge in [0.25, 0.3) is 5.91 Å². The molecular formula is C14H17F3N2O4S. The number of hydrogen-bond acceptors (Lipinski definition) is 4. The molecule has 2 N–H and O–H groups in total. The van der Waals surface area contributed by atoms with Gasteiger partial charge in [-0.2, -0.15) is 13.2 Å². The number of ether oxygens (including phenoxy) is 1. The summed E-state index contributed by atoms with van der Waals surface area (Å²) in [5.74, 6) is -0.911. The van der Waals surface area contributed by atoms with Crippen molar-refractivity contribution in [2.24, 2.45) is 5.92 Å². The number of amides is 1. The highest BCUT2D eigenvalue weighted by Crippen LogP contribution is 2.16. The van der Waals surface area contributed by atoms with Gasteiger partial charge in [0.2, 0.25) is 10.0 Å². The predicted molar refractivity (Wildman–Crippen MR) is 78.9 cm³/mol. The Morgan fingerprint density at radius 1 is 1.33 bits per heavy atom. The number of sulfonamides is 1. The van der Waals surface area contributed by atoms with Crippen molar-refractivity contribution in [2.45, 2.75) is 17.5 Å². The van der Waals surface area contributed by atoms with Crippen molar-refractivity contribution in [3.63, 3.8) is 0 Å². The zero-order valence-corrected chi connectivity index (χ0v) is 13.4. The van der Waals surface area contributed by atoms with Crippen molar-refractivity contribution in [3.05, 3.63) is 29.8 Å². The van der Waals surface area contributed by atoms with Crippen LogP contribution >= 0.6 is 0 Å². The van der Waals surface area contributed by atoms with Gasteiger partial charge in [-0.15, -0.1) is 0 Å². The molecule has 0 bridgehead atoms. The molecule has 0 aliphatic carbocycles. The summed E-state index contributed by atoms with van der Waals surface area (Å²) in [6, 6.07) is 4.86. The number of nitrogens with one attached hydrogen (secondary N) is 2. The minimum absolute atomic E-state index is 0.0815. The van der Waals surface area contributed by atoms with Crippen LogP contribution in [0.4, 0.5) is 13.2 Å². The monoisotopic (exact) mass is 366 g/mol. The maximum absolute atomic E-state index is 12.2. The molecule has 1 aliphatic heterocycles. The Morgan fingerprint density at radius 2 is 2.08 bits per heavy atom. The summed E-state index contributed by atoms with van der Waals surface area (Å²) < 4.78 is 68.4. The second kappa shape index (κ2) is 7.49. The Bertz CT molecular complexity index is 686. The van der Waals surface area contributed by atoms with Crippen molar-refractivity contribution in [3.8, 4) is 0 Å². The molecule has 0 aromatic heterocycles. The summed E-state index contributed by atoms with van der Waals surface area (Å²) in [6.45, 7) is -0.223. The summed E-state index contributed by atoms with van der Waals surface area (Å²) >= 11 is 0. The summed E-state index contributed by atoms with van der Waals surface area (Å²) in [5.41, 5.74) is -0.161. The van der Waals surface area contributed by atoms with E-state index in [4.69, 9.17) is 4.74 Å². The number of carbonyl (C=O) groups is 1. The van der Waals surface area contributed by atoms with Crippen LogP contribution in [0.5, 0.6) is 0 Å². The van der Waals surface area contributed by atoms with E-state index in [1.165, 1.54) is 18.2 Å². The Morgan fingerprint density at radius 3 is 2.71 bits per heavy atom. The second-order valence-electron chi connectivity index (χ2n) is 5.41. The molecule has 2 rings (SSSR count). The molecule has 1 aliphatic rings. The van der Waals surface area contributed by atoms with Crippen LogP contribution < -0.4 is 10.0 Å². The third kappa shape index (κ3) is 5.46. The van der Waals surface area contributed by atoms with E-state index >= 15 is 0 Å². The average molecular weight is 366 g/mol. The topological polar surface area (TPSA) is 84.5 Å². The highest BCUT2D eigenvalue weighted by Gasteiger charge is 2.28. The van der Waals surface area contributed by atoms with Gasteiger partial charge in [-0.25, -0.2) is 13.1 Å². The Labute approximate surface area is 137 Å². The minimum atomic E-state index is -4.54. The number of carbonyl (C=O) groups excluding carboxylic acids is 1. The molecular weight excluding hydrogens is 349 g/mol. The predicted octanol–water partition coefficient (Wildman–Crippen LogP) is 1.29. The fourth-order valence-electron chi connectivity index (χ4n) is 2.14. The van der Waals surface area contributed by atoms with Crippen LogP contribution in [-0.2, 0) is 14.8 Å². The first-order chi connectivity index (χ1) is 11.2. The van der Waals surface area contributed by atoms with Crippen LogP contribution in [-0.4, -0.2) is 46.8 Å². The van der Waals surface area contributed by atoms with E-state index < -0.39 is 28.7 Å². The van der Waals surface area contributed by atoms with Crippen molar-refractivity contribution >= 4 is 15.9 Å². The summed E-state index contributed by atoms with van der Waals surface area (Å²) in [6.07, 6.45) is -3.79. The first-order valence-corrected chi connectivity index (χ1v) is 8.68. The molecule has 1 atom stereocenters. The van der Waals surface area contributed by atoms with Gasteiger partial charge in [-0.05, 0) is 30.5 Å². The second-order valence-corrected chi connectivity index (χ2v) is 7.17. The fourth-order valence-corrected chi connectivity index (χ4v) is 3.30. The number of halogens is 3. The third-order valence-corrected chi connectivity index (χ3v) is 4.86. The smallest absolute Gasteiger partial charge is 0.381 e. The number of alkyl halides is 3. The van der Waals surface area contributed by atoms with Gasteiger partial charge in [-0.1, -0.05) is 6.07 Å². The summed E-state index contributed by atoms with van der Waals surface area (Å²) in [4.78, 5) is 11.5. The van der Waals surface area contributed by atoms with Crippen molar-refractivity contribution in [1.29, 1.82) is 0 Å². The Balaban J connectivity index is 2.03. The van der Waals surface area contributed by atoms with Crippen LogP contribution in [0.3, 0.4) is 0 Å². The van der Waals surface area contributed by atoms with Gasteiger partial charge >= 0.3 is 6.18 Å². The van der Waals surface area contributed by atoms with Gasteiger partial charge < -0.3 is 10.1 Å². The van der Waals surface area contributed by atoms with Gasteiger partial charge in [0.05, 0.1) is 11.5 Å². The van der Waals surface area contributed by atoms with E-state index in [9.17, 15) is 26.4 Å². The molecule has 0 unspecified atom stereocenters. The number of hydrogen-bond donors (Lipinski definition) is 2. The number of rotatable bonds is 6. The van der Waals surface area contributed by atoms with E-state index in [1.807, 2.05) is 0 Å². The number of benzene rings is 1. The van der Waals surface area contributed by atoms with E-state index in [2.05, 4.69) is 4.72 Å². The van der Waals surface area contributed by atoms with E-state index in [0.29, 0.717) is 13.2 Å². The summed E-state index contributed by atoms with van der Waals surface area (Å²) in [7, 11) is -3.85. The van der Waals surface area contributed by atoms with Crippen LogP contribution in [0.2, 0.25) is 0 Å². The fraction of sp³-hybridized carbons (Fsp3) is 0.500. The van der Waals surface area contributed by atoms with Crippen molar-refractivity contribution in [1.82, 2.24) is 10.0 Å². The first kappa shape index (κ1) is 18.7. The van der Waals surface area contributed by atoms with Gasteiger partial charge in [-0.3, -0.25) is 4.79 Å². The first-order valence-electron chi connectivity index (χ1n) is 7.20. The van der Waals surface area contributed by atoms with Gasteiger partial charge in [0, 0.05) is 18.7 Å². The lowest BCUT2D eigenvalue weighted by molar-refractivity contribution is -0.123. The highest BCUT2D eigenvalue weighted by molar-refractivity contribution is 7.89. The molecule has 1 fully saturated rings. The zero-order chi connectivity index (χ0) is 17.8. The average Bonchev–Trinajstić information content (AvgIpc) is 3.04. The molecule has 10 heteroatoms. The molecule has 1 saturated heterocycles. The molecule has 1 aromatic rings.